The molecule has 8 heteroatoms. The number of benzene rings is 1. The fraction of sp³-hybridized carbons (Fsp3) is 0.312. The minimum atomic E-state index is -0.551. The summed E-state index contributed by atoms with van der Waals surface area (Å²) in [5.74, 6) is -0.314. The van der Waals surface area contributed by atoms with Crippen molar-refractivity contribution >= 4 is 11.7 Å². The Labute approximate surface area is 138 Å². The normalized spacial score (nSPS) is 14.2. The van der Waals surface area contributed by atoms with E-state index in [9.17, 15) is 9.18 Å². The van der Waals surface area contributed by atoms with E-state index in [-0.39, 0.29) is 12.4 Å². The molecule has 0 spiro atoms. The maximum absolute atomic E-state index is 14.4. The van der Waals surface area contributed by atoms with Crippen molar-refractivity contribution in [3.05, 3.63) is 47.5 Å². The van der Waals surface area contributed by atoms with Crippen LogP contribution in [0, 0.1) is 5.82 Å². The molecule has 0 fully saturated rings. The van der Waals surface area contributed by atoms with Crippen molar-refractivity contribution in [3.8, 4) is 5.69 Å². The predicted molar refractivity (Wildman–Crippen MR) is 84.0 cm³/mol. The Balaban J connectivity index is 1.76. The van der Waals surface area contributed by atoms with Gasteiger partial charge in [0.05, 0.1) is 38.8 Å². The molecule has 7 nitrogen and oxygen atoms in total. The second-order valence-corrected chi connectivity index (χ2v) is 5.22. The van der Waals surface area contributed by atoms with Crippen LogP contribution in [0.3, 0.4) is 0 Å². The molecule has 0 bridgehead atoms. The fourth-order valence-electron chi connectivity index (χ4n) is 2.42. The number of aromatic nitrogens is 3. The van der Waals surface area contributed by atoms with Crippen LogP contribution < -0.4 is 5.32 Å². The van der Waals surface area contributed by atoms with Crippen LogP contribution in [-0.4, -0.2) is 41.4 Å². The molecule has 2 aromatic rings. The number of nitrogens with one attached hydrogen (secondary N) is 1. The zero-order chi connectivity index (χ0) is 16.9. The number of methoxy groups -OCH3 is 1. The van der Waals surface area contributed by atoms with Crippen LogP contribution in [0.15, 0.2) is 30.5 Å². The largest absolute Gasteiger partial charge is 0.453 e. The van der Waals surface area contributed by atoms with Gasteiger partial charge in [0.2, 0.25) is 0 Å². The second-order valence-electron chi connectivity index (χ2n) is 5.22. The molecule has 1 aliphatic heterocycles. The lowest BCUT2D eigenvalue weighted by molar-refractivity contribution is 0.161. The third kappa shape index (κ3) is 3.60. The lowest BCUT2D eigenvalue weighted by atomic mass is 10.0. The van der Waals surface area contributed by atoms with Gasteiger partial charge in [-0.1, -0.05) is 11.3 Å². The standard InChI is InChI=1S/C16H17FN4O3/c1-23-16(22)18-9-12-10-21(20-19-12)13-2-3-14(15(17)8-13)11-4-6-24-7-5-11/h2-4,8,10H,5-7,9H2,1H3,(H,18,22). The van der Waals surface area contributed by atoms with Crippen molar-refractivity contribution in [2.45, 2.75) is 13.0 Å². The first-order valence-electron chi connectivity index (χ1n) is 7.47. The van der Waals surface area contributed by atoms with Crippen molar-refractivity contribution < 1.29 is 18.7 Å². The molecule has 1 aromatic carbocycles. The van der Waals surface area contributed by atoms with Gasteiger partial charge in [0.25, 0.3) is 0 Å². The number of carbonyl (C=O) groups is 1. The first-order chi connectivity index (χ1) is 11.7. The Hall–Kier alpha value is -2.74. The van der Waals surface area contributed by atoms with Gasteiger partial charge < -0.3 is 14.8 Å². The number of halogens is 1. The van der Waals surface area contributed by atoms with Gasteiger partial charge in [-0.2, -0.15) is 0 Å². The molecule has 0 atom stereocenters. The van der Waals surface area contributed by atoms with E-state index in [1.54, 1.807) is 18.3 Å². The van der Waals surface area contributed by atoms with E-state index in [0.717, 1.165) is 5.57 Å². The molecular formula is C16H17FN4O3. The van der Waals surface area contributed by atoms with E-state index >= 15 is 0 Å². The summed E-state index contributed by atoms with van der Waals surface area (Å²) in [6.45, 7) is 1.29. The van der Waals surface area contributed by atoms with Crippen LogP contribution in [0.25, 0.3) is 11.3 Å². The minimum absolute atomic E-state index is 0.181. The monoisotopic (exact) mass is 332 g/mol. The average Bonchev–Trinajstić information content (AvgIpc) is 3.09. The van der Waals surface area contributed by atoms with E-state index < -0.39 is 6.09 Å². The number of alkyl carbamates (subject to hydrolysis) is 1. The molecule has 0 saturated carbocycles. The Kier molecular flexibility index (Phi) is 4.85. The highest BCUT2D eigenvalue weighted by molar-refractivity contribution is 5.68. The number of hydrogen-bond acceptors (Lipinski definition) is 5. The fourth-order valence-corrected chi connectivity index (χ4v) is 2.42. The minimum Gasteiger partial charge on any atom is -0.453 e. The molecule has 1 aromatic heterocycles. The molecule has 0 unspecified atom stereocenters. The number of rotatable bonds is 4. The maximum Gasteiger partial charge on any atom is 0.407 e. The molecule has 0 aliphatic carbocycles. The number of carbonyl (C=O) groups excluding carboxylic acids is 1. The molecule has 24 heavy (non-hydrogen) atoms. The van der Waals surface area contributed by atoms with E-state index in [2.05, 4.69) is 20.4 Å². The van der Waals surface area contributed by atoms with Gasteiger partial charge >= 0.3 is 6.09 Å². The third-order valence-electron chi connectivity index (χ3n) is 3.67. The molecule has 0 radical (unpaired) electrons. The molecule has 1 aliphatic rings. The van der Waals surface area contributed by atoms with Gasteiger partial charge in [0.15, 0.2) is 0 Å². The summed E-state index contributed by atoms with van der Waals surface area (Å²) in [5, 5.41) is 10.4. The van der Waals surface area contributed by atoms with Gasteiger partial charge in [-0.3, -0.25) is 0 Å². The third-order valence-corrected chi connectivity index (χ3v) is 3.67. The van der Waals surface area contributed by atoms with E-state index in [1.807, 2.05) is 6.08 Å². The summed E-state index contributed by atoms with van der Waals surface area (Å²) in [6.07, 6.45) is 3.67. The highest BCUT2D eigenvalue weighted by Crippen LogP contribution is 2.25. The summed E-state index contributed by atoms with van der Waals surface area (Å²) in [7, 11) is 1.28. The van der Waals surface area contributed by atoms with Crippen LogP contribution in [0.1, 0.15) is 17.7 Å². The van der Waals surface area contributed by atoms with Crippen LogP contribution in [0.4, 0.5) is 9.18 Å². The van der Waals surface area contributed by atoms with Crippen LogP contribution in [-0.2, 0) is 16.0 Å². The molecule has 3 rings (SSSR count). The van der Waals surface area contributed by atoms with E-state index in [1.165, 1.54) is 17.9 Å². The molecule has 1 N–H and O–H groups in total. The molecule has 2 heterocycles. The zero-order valence-electron chi connectivity index (χ0n) is 13.2. The topological polar surface area (TPSA) is 78.3 Å². The first-order valence-corrected chi connectivity index (χ1v) is 7.47. The van der Waals surface area contributed by atoms with Crippen LogP contribution in [0.2, 0.25) is 0 Å². The van der Waals surface area contributed by atoms with E-state index in [0.29, 0.717) is 36.6 Å². The first kappa shape index (κ1) is 16.1. The van der Waals surface area contributed by atoms with Crippen molar-refractivity contribution in [3.63, 3.8) is 0 Å². The lowest BCUT2D eigenvalue weighted by Gasteiger charge is -2.14. The number of nitrogens with zero attached hydrogens (tertiary/aromatic N) is 3. The molecule has 0 saturated heterocycles. The Morgan fingerprint density at radius 1 is 1.50 bits per heavy atom. The summed E-state index contributed by atoms with van der Waals surface area (Å²) < 4.78 is 25.6. The molecule has 1 amide bonds. The quantitative estimate of drug-likeness (QED) is 0.927. The van der Waals surface area contributed by atoms with Gasteiger partial charge in [-0.15, -0.1) is 5.10 Å². The van der Waals surface area contributed by atoms with Crippen molar-refractivity contribution in [2.75, 3.05) is 20.3 Å². The summed E-state index contributed by atoms with van der Waals surface area (Å²) >= 11 is 0. The van der Waals surface area contributed by atoms with Gasteiger partial charge in [-0.05, 0) is 24.1 Å². The number of amides is 1. The highest BCUT2D eigenvalue weighted by Gasteiger charge is 2.13. The molecule has 126 valence electrons. The summed E-state index contributed by atoms with van der Waals surface area (Å²) in [5.41, 5.74) is 2.62. The predicted octanol–water partition coefficient (Wildman–Crippen LogP) is 2.07. The smallest absolute Gasteiger partial charge is 0.407 e. The van der Waals surface area contributed by atoms with Gasteiger partial charge in [0, 0.05) is 11.6 Å². The number of ether oxygens (including phenoxy) is 2. The zero-order valence-corrected chi connectivity index (χ0v) is 13.2. The Bertz CT molecular complexity index is 772. The maximum atomic E-state index is 14.4. The van der Waals surface area contributed by atoms with Crippen molar-refractivity contribution in [1.82, 2.24) is 20.3 Å². The average molecular weight is 332 g/mol. The van der Waals surface area contributed by atoms with Crippen molar-refractivity contribution in [1.29, 1.82) is 0 Å². The van der Waals surface area contributed by atoms with Gasteiger partial charge in [-0.25, -0.2) is 13.9 Å². The highest BCUT2D eigenvalue weighted by atomic mass is 19.1. The van der Waals surface area contributed by atoms with Gasteiger partial charge in [0.1, 0.15) is 11.5 Å². The number of hydrogen-bond donors (Lipinski definition) is 1. The second kappa shape index (κ2) is 7.22. The van der Waals surface area contributed by atoms with Crippen LogP contribution in [0.5, 0.6) is 0 Å². The SMILES string of the molecule is COC(=O)NCc1cn(-c2ccc(C3=CCOCC3)c(F)c2)nn1. The Morgan fingerprint density at radius 2 is 2.38 bits per heavy atom. The Morgan fingerprint density at radius 3 is 3.08 bits per heavy atom. The summed E-state index contributed by atoms with van der Waals surface area (Å²) in [6, 6.07) is 4.93. The molecular weight excluding hydrogens is 315 g/mol. The van der Waals surface area contributed by atoms with Crippen LogP contribution >= 0.6 is 0 Å². The summed E-state index contributed by atoms with van der Waals surface area (Å²) in [4.78, 5) is 11.0. The lowest BCUT2D eigenvalue weighted by Crippen LogP contribution is -2.22. The van der Waals surface area contributed by atoms with Crippen molar-refractivity contribution in [2.24, 2.45) is 0 Å². The van der Waals surface area contributed by atoms with E-state index in [4.69, 9.17) is 4.74 Å².